The zero-order valence-corrected chi connectivity index (χ0v) is 14.3. The molecule has 0 saturated carbocycles. The van der Waals surface area contributed by atoms with E-state index in [-0.39, 0.29) is 10.8 Å². The number of hydrogen-bond acceptors (Lipinski definition) is 4. The van der Waals surface area contributed by atoms with Crippen LogP contribution in [0.1, 0.15) is 21.5 Å². The third-order valence-corrected chi connectivity index (χ3v) is 5.52. The first-order chi connectivity index (χ1) is 10.7. The number of nitrogens with one attached hydrogen (secondary N) is 1. The SMILES string of the molecule is Cc1cc(C(=O)Nc2ccncc2)cc(S(=O)(=O)N(C)C)c1C. The van der Waals surface area contributed by atoms with Gasteiger partial charge in [0.15, 0.2) is 0 Å². The third kappa shape index (κ3) is 3.57. The van der Waals surface area contributed by atoms with Crippen molar-refractivity contribution in [1.82, 2.24) is 9.29 Å². The van der Waals surface area contributed by atoms with E-state index in [4.69, 9.17) is 0 Å². The van der Waals surface area contributed by atoms with Gasteiger partial charge in [-0.15, -0.1) is 0 Å². The monoisotopic (exact) mass is 333 g/mol. The molecule has 122 valence electrons. The van der Waals surface area contributed by atoms with Crippen molar-refractivity contribution in [3.8, 4) is 0 Å². The van der Waals surface area contributed by atoms with E-state index in [2.05, 4.69) is 10.3 Å². The van der Waals surface area contributed by atoms with Gasteiger partial charge in [0.25, 0.3) is 5.91 Å². The maximum absolute atomic E-state index is 12.4. The second-order valence-electron chi connectivity index (χ2n) is 5.39. The smallest absolute Gasteiger partial charge is 0.255 e. The van der Waals surface area contributed by atoms with Gasteiger partial charge in [-0.2, -0.15) is 0 Å². The lowest BCUT2D eigenvalue weighted by Gasteiger charge is -2.16. The molecule has 0 bridgehead atoms. The molecule has 0 radical (unpaired) electrons. The highest BCUT2D eigenvalue weighted by Crippen LogP contribution is 2.23. The number of pyridine rings is 1. The summed E-state index contributed by atoms with van der Waals surface area (Å²) in [6, 6.07) is 6.42. The number of aryl methyl sites for hydroxylation is 1. The summed E-state index contributed by atoms with van der Waals surface area (Å²) in [5, 5.41) is 2.73. The fraction of sp³-hybridized carbons (Fsp3) is 0.250. The van der Waals surface area contributed by atoms with Gasteiger partial charge in [-0.05, 0) is 49.2 Å². The highest BCUT2D eigenvalue weighted by atomic mass is 32.2. The Morgan fingerprint density at radius 2 is 1.74 bits per heavy atom. The number of carbonyl (C=O) groups is 1. The molecule has 23 heavy (non-hydrogen) atoms. The summed E-state index contributed by atoms with van der Waals surface area (Å²) in [6.45, 7) is 3.52. The maximum Gasteiger partial charge on any atom is 0.255 e. The molecule has 2 rings (SSSR count). The van der Waals surface area contributed by atoms with Crippen LogP contribution in [-0.4, -0.2) is 37.7 Å². The van der Waals surface area contributed by atoms with Gasteiger partial charge in [0.1, 0.15) is 0 Å². The van der Waals surface area contributed by atoms with Gasteiger partial charge in [-0.25, -0.2) is 12.7 Å². The van der Waals surface area contributed by atoms with Gasteiger partial charge in [0, 0.05) is 37.7 Å². The fourth-order valence-electron chi connectivity index (χ4n) is 2.06. The number of hydrogen-bond donors (Lipinski definition) is 1. The predicted molar refractivity (Wildman–Crippen MR) is 89.0 cm³/mol. The Hall–Kier alpha value is -2.25. The Morgan fingerprint density at radius 1 is 1.13 bits per heavy atom. The van der Waals surface area contributed by atoms with E-state index in [0.717, 1.165) is 9.87 Å². The molecule has 0 aliphatic heterocycles. The van der Waals surface area contributed by atoms with Crippen molar-refractivity contribution in [2.75, 3.05) is 19.4 Å². The van der Waals surface area contributed by atoms with Crippen molar-refractivity contribution in [3.63, 3.8) is 0 Å². The molecule has 0 saturated heterocycles. The lowest BCUT2D eigenvalue weighted by atomic mass is 10.1. The molecule has 0 atom stereocenters. The van der Waals surface area contributed by atoms with Crippen LogP contribution in [0.2, 0.25) is 0 Å². The van der Waals surface area contributed by atoms with Crippen molar-refractivity contribution >= 4 is 21.6 Å². The maximum atomic E-state index is 12.4. The third-order valence-electron chi connectivity index (χ3n) is 3.58. The van der Waals surface area contributed by atoms with Crippen LogP contribution < -0.4 is 5.32 Å². The van der Waals surface area contributed by atoms with Gasteiger partial charge >= 0.3 is 0 Å². The predicted octanol–water partition coefficient (Wildman–Crippen LogP) is 2.20. The summed E-state index contributed by atoms with van der Waals surface area (Å²) in [6.07, 6.45) is 3.13. The second kappa shape index (κ2) is 6.47. The largest absolute Gasteiger partial charge is 0.322 e. The molecule has 2 aromatic rings. The quantitative estimate of drug-likeness (QED) is 0.930. The number of carbonyl (C=O) groups excluding carboxylic acids is 1. The van der Waals surface area contributed by atoms with Crippen LogP contribution in [0.4, 0.5) is 5.69 Å². The van der Waals surface area contributed by atoms with Crippen LogP contribution in [-0.2, 0) is 10.0 Å². The topological polar surface area (TPSA) is 79.4 Å². The van der Waals surface area contributed by atoms with Crippen LogP contribution in [0.3, 0.4) is 0 Å². The van der Waals surface area contributed by atoms with Crippen molar-refractivity contribution in [2.45, 2.75) is 18.7 Å². The number of aromatic nitrogens is 1. The molecule has 0 spiro atoms. The van der Waals surface area contributed by atoms with Gasteiger partial charge < -0.3 is 5.32 Å². The van der Waals surface area contributed by atoms with E-state index in [1.807, 2.05) is 0 Å². The van der Waals surface area contributed by atoms with Crippen molar-refractivity contribution in [2.24, 2.45) is 0 Å². The molecule has 1 heterocycles. The fourth-order valence-corrected chi connectivity index (χ4v) is 3.28. The zero-order valence-electron chi connectivity index (χ0n) is 13.5. The zero-order chi connectivity index (χ0) is 17.2. The molecule has 1 N–H and O–H groups in total. The van der Waals surface area contributed by atoms with Gasteiger partial charge in [-0.3, -0.25) is 9.78 Å². The number of anilines is 1. The Morgan fingerprint density at radius 3 is 2.30 bits per heavy atom. The van der Waals surface area contributed by atoms with E-state index >= 15 is 0 Å². The van der Waals surface area contributed by atoms with E-state index in [1.54, 1.807) is 44.4 Å². The molecule has 0 aliphatic rings. The number of nitrogens with zero attached hydrogens (tertiary/aromatic N) is 2. The van der Waals surface area contributed by atoms with E-state index in [0.29, 0.717) is 16.8 Å². The summed E-state index contributed by atoms with van der Waals surface area (Å²) in [7, 11) is -0.683. The van der Waals surface area contributed by atoms with Crippen molar-refractivity contribution in [1.29, 1.82) is 0 Å². The Bertz CT molecular complexity index is 831. The van der Waals surface area contributed by atoms with Gasteiger partial charge in [0.2, 0.25) is 10.0 Å². The number of rotatable bonds is 4. The molecule has 1 aromatic heterocycles. The van der Waals surface area contributed by atoms with Crippen LogP contribution in [0.15, 0.2) is 41.6 Å². The normalized spacial score (nSPS) is 11.5. The minimum Gasteiger partial charge on any atom is -0.322 e. The second-order valence-corrected chi connectivity index (χ2v) is 7.51. The molecule has 0 fully saturated rings. The average Bonchev–Trinajstić information content (AvgIpc) is 2.50. The van der Waals surface area contributed by atoms with Crippen molar-refractivity contribution in [3.05, 3.63) is 53.3 Å². The molecular weight excluding hydrogens is 314 g/mol. The molecule has 1 amide bonds. The van der Waals surface area contributed by atoms with Crippen LogP contribution >= 0.6 is 0 Å². The van der Waals surface area contributed by atoms with E-state index < -0.39 is 10.0 Å². The Kier molecular flexibility index (Phi) is 4.82. The average molecular weight is 333 g/mol. The number of benzene rings is 1. The summed E-state index contributed by atoms with van der Waals surface area (Å²) in [5.74, 6) is -0.366. The summed E-state index contributed by atoms with van der Waals surface area (Å²) < 4.78 is 26.0. The van der Waals surface area contributed by atoms with Crippen LogP contribution in [0, 0.1) is 13.8 Å². The minimum atomic E-state index is -3.62. The molecule has 7 heteroatoms. The summed E-state index contributed by atoms with van der Waals surface area (Å²) in [4.78, 5) is 16.4. The first-order valence-electron chi connectivity index (χ1n) is 6.98. The van der Waals surface area contributed by atoms with Gasteiger partial charge in [-0.1, -0.05) is 0 Å². The van der Waals surface area contributed by atoms with Crippen LogP contribution in [0.25, 0.3) is 0 Å². The molecule has 0 aliphatic carbocycles. The lowest BCUT2D eigenvalue weighted by molar-refractivity contribution is 0.102. The van der Waals surface area contributed by atoms with Crippen LogP contribution in [0.5, 0.6) is 0 Å². The Balaban J connectivity index is 2.45. The lowest BCUT2D eigenvalue weighted by Crippen LogP contribution is -2.24. The molecule has 0 unspecified atom stereocenters. The molecule has 6 nitrogen and oxygen atoms in total. The number of amides is 1. The van der Waals surface area contributed by atoms with E-state index in [1.165, 1.54) is 20.2 Å². The first kappa shape index (κ1) is 17.1. The molecular formula is C16H19N3O3S. The standard InChI is InChI=1S/C16H19N3O3S/c1-11-9-13(16(20)18-14-5-7-17-8-6-14)10-15(12(11)2)23(21,22)19(3)4/h5-10H,1-4H3,(H,17,18,20). The van der Waals surface area contributed by atoms with E-state index in [9.17, 15) is 13.2 Å². The number of sulfonamides is 1. The highest BCUT2D eigenvalue weighted by Gasteiger charge is 2.23. The van der Waals surface area contributed by atoms with Gasteiger partial charge in [0.05, 0.1) is 4.90 Å². The highest BCUT2D eigenvalue weighted by molar-refractivity contribution is 7.89. The van der Waals surface area contributed by atoms with Crippen molar-refractivity contribution < 1.29 is 13.2 Å². The summed E-state index contributed by atoms with van der Waals surface area (Å²) >= 11 is 0. The minimum absolute atomic E-state index is 0.141. The Labute approximate surface area is 136 Å². The first-order valence-corrected chi connectivity index (χ1v) is 8.42. The summed E-state index contributed by atoms with van der Waals surface area (Å²) in [5.41, 5.74) is 2.28. The molecule has 1 aromatic carbocycles.